The average Bonchev–Trinajstić information content (AvgIpc) is 2.38. The summed E-state index contributed by atoms with van der Waals surface area (Å²) in [7, 11) is -3.95. The predicted molar refractivity (Wildman–Crippen MR) is 73.1 cm³/mol. The fourth-order valence-corrected chi connectivity index (χ4v) is 2.86. The van der Waals surface area contributed by atoms with E-state index in [4.69, 9.17) is 5.73 Å². The fraction of sp³-hybridized carbons (Fsp3) is 0.0769. The van der Waals surface area contributed by atoms with Gasteiger partial charge in [-0.3, -0.25) is 4.72 Å². The Morgan fingerprint density at radius 2 is 1.52 bits per heavy atom. The van der Waals surface area contributed by atoms with Gasteiger partial charge in [0.1, 0.15) is 4.90 Å². The molecule has 4 nitrogen and oxygen atoms in total. The van der Waals surface area contributed by atoms with Gasteiger partial charge in [0.25, 0.3) is 10.0 Å². The molecule has 8 heteroatoms. The predicted octanol–water partition coefficient (Wildman–Crippen LogP) is 3.09. The molecule has 2 aromatic rings. The van der Waals surface area contributed by atoms with E-state index in [0.29, 0.717) is 0 Å². The monoisotopic (exact) mass is 316 g/mol. The molecule has 0 radical (unpaired) electrons. The van der Waals surface area contributed by atoms with Gasteiger partial charge < -0.3 is 5.73 Å². The van der Waals surface area contributed by atoms with Crippen LogP contribution < -0.4 is 10.5 Å². The zero-order chi connectivity index (χ0) is 15.7. The van der Waals surface area contributed by atoms with Crippen LogP contribution in [-0.2, 0) is 16.2 Å². The van der Waals surface area contributed by atoms with Gasteiger partial charge in [-0.1, -0.05) is 12.1 Å². The SMILES string of the molecule is Nc1ccccc1S(=O)(=O)Nc1ccc(C(F)(F)F)cc1. The minimum Gasteiger partial charge on any atom is -0.398 e. The van der Waals surface area contributed by atoms with Gasteiger partial charge in [-0.25, -0.2) is 8.42 Å². The van der Waals surface area contributed by atoms with Crippen molar-refractivity contribution in [3.63, 3.8) is 0 Å². The summed E-state index contributed by atoms with van der Waals surface area (Å²) < 4.78 is 63.6. The first-order chi connectivity index (χ1) is 9.70. The van der Waals surface area contributed by atoms with Crippen LogP contribution in [0, 0.1) is 0 Å². The molecular weight excluding hydrogens is 305 g/mol. The van der Waals surface area contributed by atoms with E-state index in [2.05, 4.69) is 4.72 Å². The van der Waals surface area contributed by atoms with Gasteiger partial charge >= 0.3 is 6.18 Å². The van der Waals surface area contributed by atoms with Crippen molar-refractivity contribution in [1.29, 1.82) is 0 Å². The summed E-state index contributed by atoms with van der Waals surface area (Å²) in [6.07, 6.45) is -4.47. The van der Waals surface area contributed by atoms with Gasteiger partial charge in [-0.05, 0) is 36.4 Å². The third-order valence-electron chi connectivity index (χ3n) is 2.67. The fourth-order valence-electron chi connectivity index (χ4n) is 1.66. The van der Waals surface area contributed by atoms with Gasteiger partial charge in [-0.15, -0.1) is 0 Å². The highest BCUT2D eigenvalue weighted by Crippen LogP contribution is 2.30. The number of halogens is 3. The summed E-state index contributed by atoms with van der Waals surface area (Å²) in [4.78, 5) is -0.134. The van der Waals surface area contributed by atoms with Crippen molar-refractivity contribution in [1.82, 2.24) is 0 Å². The highest BCUT2D eigenvalue weighted by atomic mass is 32.2. The first-order valence-corrected chi connectivity index (χ1v) is 7.23. The number of sulfonamides is 1. The Morgan fingerprint density at radius 3 is 2.05 bits per heavy atom. The van der Waals surface area contributed by atoms with Gasteiger partial charge in [0.05, 0.1) is 11.3 Å². The molecule has 0 amide bonds. The van der Waals surface area contributed by atoms with Crippen molar-refractivity contribution in [2.24, 2.45) is 0 Å². The molecule has 112 valence electrons. The van der Waals surface area contributed by atoms with E-state index in [9.17, 15) is 21.6 Å². The van der Waals surface area contributed by atoms with E-state index in [0.717, 1.165) is 24.3 Å². The van der Waals surface area contributed by atoms with Crippen LogP contribution in [0.5, 0.6) is 0 Å². The largest absolute Gasteiger partial charge is 0.416 e. The lowest BCUT2D eigenvalue weighted by Crippen LogP contribution is -2.15. The second-order valence-electron chi connectivity index (χ2n) is 4.22. The third kappa shape index (κ3) is 3.46. The Hall–Kier alpha value is -2.22. The van der Waals surface area contributed by atoms with Crippen molar-refractivity contribution < 1.29 is 21.6 Å². The summed E-state index contributed by atoms with van der Waals surface area (Å²) in [5.41, 5.74) is 4.79. The number of hydrogen-bond donors (Lipinski definition) is 2. The maximum atomic E-state index is 12.4. The second kappa shape index (κ2) is 5.28. The molecule has 2 aromatic carbocycles. The standard InChI is InChI=1S/C13H11F3N2O2S/c14-13(15,16)9-5-7-10(8-6-9)18-21(19,20)12-4-2-1-3-11(12)17/h1-8,18H,17H2. The van der Waals surface area contributed by atoms with Crippen molar-refractivity contribution in [2.45, 2.75) is 11.1 Å². The Balaban J connectivity index is 2.28. The molecular formula is C13H11F3N2O2S. The molecule has 0 heterocycles. The van der Waals surface area contributed by atoms with E-state index in [1.165, 1.54) is 18.2 Å². The Morgan fingerprint density at radius 1 is 0.952 bits per heavy atom. The molecule has 21 heavy (non-hydrogen) atoms. The van der Waals surface area contributed by atoms with E-state index in [1.54, 1.807) is 6.07 Å². The lowest BCUT2D eigenvalue weighted by atomic mass is 10.2. The van der Waals surface area contributed by atoms with Gasteiger partial charge in [0.15, 0.2) is 0 Å². The number of nitrogens with one attached hydrogen (secondary N) is 1. The number of rotatable bonds is 3. The molecule has 0 spiro atoms. The molecule has 0 bridgehead atoms. The Bertz CT molecular complexity index is 741. The van der Waals surface area contributed by atoms with Crippen molar-refractivity contribution in [2.75, 3.05) is 10.5 Å². The first kappa shape index (κ1) is 15.2. The third-order valence-corrected chi connectivity index (χ3v) is 4.13. The van der Waals surface area contributed by atoms with Crippen molar-refractivity contribution in [3.8, 4) is 0 Å². The quantitative estimate of drug-likeness (QED) is 0.855. The zero-order valence-corrected chi connectivity index (χ0v) is 11.4. The van der Waals surface area contributed by atoms with Crippen molar-refractivity contribution >= 4 is 21.4 Å². The summed E-state index contributed by atoms with van der Waals surface area (Å²) in [5.74, 6) is 0. The number of hydrogen-bond acceptors (Lipinski definition) is 3. The molecule has 3 N–H and O–H groups in total. The molecule has 0 saturated heterocycles. The summed E-state index contributed by atoms with van der Waals surface area (Å²) in [6, 6.07) is 9.48. The Labute approximate surface area is 119 Å². The van der Waals surface area contributed by atoms with Crippen molar-refractivity contribution in [3.05, 3.63) is 54.1 Å². The first-order valence-electron chi connectivity index (χ1n) is 5.75. The van der Waals surface area contributed by atoms with E-state index < -0.39 is 21.8 Å². The van der Waals surface area contributed by atoms with Crippen LogP contribution in [0.2, 0.25) is 0 Å². The number of para-hydroxylation sites is 1. The summed E-state index contributed by atoms with van der Waals surface area (Å²) >= 11 is 0. The molecule has 0 unspecified atom stereocenters. The lowest BCUT2D eigenvalue weighted by Gasteiger charge is -2.11. The van der Waals surface area contributed by atoms with E-state index in [1.807, 2.05) is 0 Å². The van der Waals surface area contributed by atoms with Gasteiger partial charge in [-0.2, -0.15) is 13.2 Å². The van der Waals surface area contributed by atoms with Crippen LogP contribution in [-0.4, -0.2) is 8.42 Å². The summed E-state index contributed by atoms with van der Waals surface area (Å²) in [5, 5.41) is 0. The van der Waals surface area contributed by atoms with Gasteiger partial charge in [0, 0.05) is 5.69 Å². The molecule has 0 aromatic heterocycles. The number of alkyl halides is 3. The molecule has 2 rings (SSSR count). The maximum absolute atomic E-state index is 12.4. The molecule has 0 aliphatic rings. The highest BCUT2D eigenvalue weighted by molar-refractivity contribution is 7.92. The van der Waals surface area contributed by atoms with Crippen LogP contribution in [0.3, 0.4) is 0 Å². The normalized spacial score (nSPS) is 12.1. The second-order valence-corrected chi connectivity index (χ2v) is 5.87. The van der Waals surface area contributed by atoms with Crippen LogP contribution >= 0.6 is 0 Å². The molecule has 0 atom stereocenters. The number of nitrogens with two attached hydrogens (primary N) is 1. The van der Waals surface area contributed by atoms with Crippen LogP contribution in [0.4, 0.5) is 24.5 Å². The minimum atomic E-state index is -4.47. The van der Waals surface area contributed by atoms with Crippen LogP contribution in [0.15, 0.2) is 53.4 Å². The number of nitrogen functional groups attached to an aromatic ring is 1. The maximum Gasteiger partial charge on any atom is 0.416 e. The zero-order valence-electron chi connectivity index (χ0n) is 10.6. The topological polar surface area (TPSA) is 72.2 Å². The minimum absolute atomic E-state index is 0.0197. The number of anilines is 2. The average molecular weight is 316 g/mol. The molecule has 0 fully saturated rings. The highest BCUT2D eigenvalue weighted by Gasteiger charge is 2.30. The molecule has 0 aliphatic carbocycles. The molecule has 0 saturated carbocycles. The van der Waals surface area contributed by atoms with Crippen LogP contribution in [0.25, 0.3) is 0 Å². The Kier molecular flexibility index (Phi) is 3.82. The molecule has 0 aliphatic heterocycles. The lowest BCUT2D eigenvalue weighted by molar-refractivity contribution is -0.137. The number of benzene rings is 2. The van der Waals surface area contributed by atoms with E-state index in [-0.39, 0.29) is 16.3 Å². The van der Waals surface area contributed by atoms with Gasteiger partial charge in [0.2, 0.25) is 0 Å². The summed E-state index contributed by atoms with van der Waals surface area (Å²) in [6.45, 7) is 0. The van der Waals surface area contributed by atoms with Crippen LogP contribution in [0.1, 0.15) is 5.56 Å². The van der Waals surface area contributed by atoms with E-state index >= 15 is 0 Å². The smallest absolute Gasteiger partial charge is 0.398 e.